The van der Waals surface area contributed by atoms with Crippen LogP contribution in [0.1, 0.15) is 53.7 Å². The van der Waals surface area contributed by atoms with Crippen molar-refractivity contribution in [3.8, 4) is 28.3 Å². The van der Waals surface area contributed by atoms with Crippen LogP contribution in [0.2, 0.25) is 10.0 Å². The molecular weight excluding hydrogens is 643 g/mol. The fraction of sp³-hybridized carbons (Fsp3) is 0.324. The van der Waals surface area contributed by atoms with Crippen LogP contribution in [0.15, 0.2) is 58.3 Å². The van der Waals surface area contributed by atoms with E-state index in [2.05, 4.69) is 16.0 Å². The molecule has 0 spiro atoms. The van der Waals surface area contributed by atoms with Gasteiger partial charge in [0.1, 0.15) is 5.56 Å². The number of benzene rings is 2. The van der Waals surface area contributed by atoms with Crippen LogP contribution in [0.5, 0.6) is 5.88 Å². The zero-order valence-electron chi connectivity index (χ0n) is 26.2. The van der Waals surface area contributed by atoms with Gasteiger partial charge in [-0.2, -0.15) is 0 Å². The summed E-state index contributed by atoms with van der Waals surface area (Å²) >= 11 is 13.9. The van der Waals surface area contributed by atoms with E-state index in [1.807, 2.05) is 31.2 Å². The Labute approximate surface area is 280 Å². The summed E-state index contributed by atoms with van der Waals surface area (Å²) in [6.45, 7) is 3.05. The Hall–Kier alpha value is -4.45. The van der Waals surface area contributed by atoms with E-state index in [-0.39, 0.29) is 34.3 Å². The number of aromatic nitrogens is 3. The van der Waals surface area contributed by atoms with Crippen molar-refractivity contribution in [2.75, 3.05) is 18.5 Å². The minimum atomic E-state index is -0.716. The van der Waals surface area contributed by atoms with Crippen molar-refractivity contribution in [1.29, 1.82) is 0 Å². The molecule has 2 aromatic heterocycles. The molecule has 4 aromatic rings. The lowest BCUT2D eigenvalue weighted by molar-refractivity contribution is -0.119. The number of nitrogens with zero attached hydrogens (tertiary/aromatic N) is 3. The van der Waals surface area contributed by atoms with Crippen LogP contribution in [0.4, 0.5) is 5.69 Å². The molecular formula is C34H34Cl2N6O5. The van der Waals surface area contributed by atoms with Crippen LogP contribution in [-0.4, -0.2) is 45.1 Å². The summed E-state index contributed by atoms with van der Waals surface area (Å²) in [6.07, 6.45) is 4.30. The van der Waals surface area contributed by atoms with Crippen molar-refractivity contribution in [3.63, 3.8) is 0 Å². The van der Waals surface area contributed by atoms with Crippen molar-refractivity contribution in [3.05, 3.63) is 96.2 Å². The maximum atomic E-state index is 13.1. The van der Waals surface area contributed by atoms with Crippen LogP contribution >= 0.6 is 23.2 Å². The third kappa shape index (κ3) is 6.30. The standard InChI is InChI=1S/C34H34Cl2N6O5/c1-4-47-32-28-18(11-13-24(28)37-16-19-12-14-27(43)38-19)15-26(40-32)22-9-5-7-20(29(22)35)21-8-6-10-25(30(21)36)39-31(44)23-17-41(2)34(46)42(3)33(23)45/h5-10,15,17,19,24,37H,4,11-14,16H2,1-3H3,(H,38,43)(H,39,44)/t19-,24-/m0/s1. The van der Waals surface area contributed by atoms with Gasteiger partial charge in [-0.15, -0.1) is 0 Å². The SMILES string of the molecule is CCOc1nc(-c2cccc(-c3cccc(NC(=O)c4cn(C)c(=O)n(C)c4=O)c3Cl)c2Cl)cc2c1[C@@H](NC[C@@H]1CCC(=O)N1)CC2. The van der Waals surface area contributed by atoms with E-state index in [4.69, 9.17) is 32.9 Å². The summed E-state index contributed by atoms with van der Waals surface area (Å²) < 4.78 is 8.09. The van der Waals surface area contributed by atoms with Crippen molar-refractivity contribution < 1.29 is 14.3 Å². The first-order chi connectivity index (χ1) is 22.6. The highest BCUT2D eigenvalue weighted by Crippen LogP contribution is 2.44. The van der Waals surface area contributed by atoms with Crippen molar-refractivity contribution in [2.45, 2.75) is 44.7 Å². The van der Waals surface area contributed by atoms with Crippen molar-refractivity contribution >= 4 is 40.7 Å². The second-order valence-electron chi connectivity index (χ2n) is 11.7. The number of amides is 2. The fourth-order valence-corrected chi connectivity index (χ4v) is 6.84. The molecule has 244 valence electrons. The van der Waals surface area contributed by atoms with Gasteiger partial charge in [-0.05, 0) is 43.9 Å². The summed E-state index contributed by atoms with van der Waals surface area (Å²) in [5.74, 6) is -0.0545. The number of rotatable bonds is 9. The lowest BCUT2D eigenvalue weighted by atomic mass is 9.99. The largest absolute Gasteiger partial charge is 0.478 e. The highest BCUT2D eigenvalue weighted by atomic mass is 35.5. The normalized spacial score (nSPS) is 17.0. The molecule has 47 heavy (non-hydrogen) atoms. The molecule has 1 aliphatic heterocycles. The van der Waals surface area contributed by atoms with Gasteiger partial charge in [0.2, 0.25) is 11.8 Å². The van der Waals surface area contributed by atoms with Gasteiger partial charge in [0, 0.05) is 67.6 Å². The van der Waals surface area contributed by atoms with Gasteiger partial charge in [0.15, 0.2) is 0 Å². The molecule has 2 amide bonds. The molecule has 0 saturated carbocycles. The molecule has 6 rings (SSSR count). The summed E-state index contributed by atoms with van der Waals surface area (Å²) in [4.78, 5) is 54.4. The van der Waals surface area contributed by atoms with Crippen LogP contribution in [0.3, 0.4) is 0 Å². The van der Waals surface area contributed by atoms with E-state index < -0.39 is 17.2 Å². The van der Waals surface area contributed by atoms with Crippen LogP contribution in [-0.2, 0) is 25.3 Å². The lowest BCUT2D eigenvalue weighted by Gasteiger charge is -2.20. The number of carbonyl (C=O) groups is 2. The summed E-state index contributed by atoms with van der Waals surface area (Å²) in [5.41, 5.74) is 3.52. The Bertz CT molecular complexity index is 2020. The molecule has 0 radical (unpaired) electrons. The van der Waals surface area contributed by atoms with E-state index in [0.29, 0.717) is 52.9 Å². The molecule has 3 heterocycles. The van der Waals surface area contributed by atoms with Crippen molar-refractivity contribution in [1.82, 2.24) is 24.8 Å². The smallest absolute Gasteiger partial charge is 0.330 e. The van der Waals surface area contributed by atoms with E-state index in [1.165, 1.54) is 20.3 Å². The quantitative estimate of drug-likeness (QED) is 0.235. The zero-order chi connectivity index (χ0) is 33.4. The molecule has 1 aliphatic carbocycles. The topological polar surface area (TPSA) is 136 Å². The number of fused-ring (bicyclic) bond motifs is 1. The van der Waals surface area contributed by atoms with Gasteiger partial charge < -0.3 is 25.3 Å². The van der Waals surface area contributed by atoms with Gasteiger partial charge in [-0.3, -0.25) is 19.0 Å². The van der Waals surface area contributed by atoms with E-state index in [9.17, 15) is 19.2 Å². The number of pyridine rings is 1. The average Bonchev–Trinajstić information content (AvgIpc) is 3.67. The molecule has 3 N–H and O–H groups in total. The minimum absolute atomic E-state index is 0.0603. The molecule has 0 bridgehead atoms. The fourth-order valence-electron chi connectivity index (χ4n) is 6.24. The second-order valence-corrected chi connectivity index (χ2v) is 12.5. The molecule has 2 aliphatic rings. The number of nitrogens with one attached hydrogen (secondary N) is 3. The Kier molecular flexibility index (Phi) is 9.23. The van der Waals surface area contributed by atoms with Crippen LogP contribution in [0.25, 0.3) is 22.4 Å². The van der Waals surface area contributed by atoms with Gasteiger partial charge in [-0.1, -0.05) is 53.5 Å². The highest BCUT2D eigenvalue weighted by molar-refractivity contribution is 6.39. The molecule has 1 fully saturated rings. The molecule has 2 atom stereocenters. The van der Waals surface area contributed by atoms with E-state index in [0.717, 1.165) is 39.5 Å². The van der Waals surface area contributed by atoms with Gasteiger partial charge in [-0.25, -0.2) is 9.78 Å². The maximum absolute atomic E-state index is 13.1. The van der Waals surface area contributed by atoms with Crippen LogP contribution in [0, 0.1) is 0 Å². The molecule has 2 aromatic carbocycles. The van der Waals surface area contributed by atoms with Gasteiger partial charge in [0.25, 0.3) is 11.5 Å². The molecule has 1 saturated heterocycles. The summed E-state index contributed by atoms with van der Waals surface area (Å²) in [5, 5.41) is 9.97. The van der Waals surface area contributed by atoms with Crippen LogP contribution < -0.4 is 31.9 Å². The third-order valence-electron chi connectivity index (χ3n) is 8.64. The summed E-state index contributed by atoms with van der Waals surface area (Å²) in [6, 6.07) is 13.0. The molecule has 0 unspecified atom stereocenters. The molecule has 11 nitrogen and oxygen atoms in total. The summed E-state index contributed by atoms with van der Waals surface area (Å²) in [7, 11) is 2.77. The van der Waals surface area contributed by atoms with Crippen molar-refractivity contribution in [2.24, 2.45) is 14.1 Å². The average molecular weight is 678 g/mol. The van der Waals surface area contributed by atoms with E-state index >= 15 is 0 Å². The number of carbonyl (C=O) groups excluding carboxylic acids is 2. The Balaban J connectivity index is 1.30. The third-order valence-corrected chi connectivity index (χ3v) is 9.45. The zero-order valence-corrected chi connectivity index (χ0v) is 27.7. The number of ether oxygens (including phenoxy) is 1. The first-order valence-corrected chi connectivity index (χ1v) is 16.2. The first kappa shape index (κ1) is 32.5. The predicted molar refractivity (Wildman–Crippen MR) is 181 cm³/mol. The van der Waals surface area contributed by atoms with Gasteiger partial charge in [0.05, 0.1) is 28.0 Å². The predicted octanol–water partition coefficient (Wildman–Crippen LogP) is 4.63. The number of aryl methyl sites for hydroxylation is 2. The lowest BCUT2D eigenvalue weighted by Crippen LogP contribution is -2.40. The number of anilines is 1. The van der Waals surface area contributed by atoms with Gasteiger partial charge >= 0.3 is 5.69 Å². The minimum Gasteiger partial charge on any atom is -0.478 e. The highest BCUT2D eigenvalue weighted by Gasteiger charge is 2.30. The number of hydrogen-bond acceptors (Lipinski definition) is 7. The second kappa shape index (κ2) is 13.3. The Morgan fingerprint density at radius 1 is 1.02 bits per heavy atom. The monoisotopic (exact) mass is 676 g/mol. The number of halogens is 2. The Morgan fingerprint density at radius 3 is 2.47 bits per heavy atom. The first-order valence-electron chi connectivity index (χ1n) is 15.4. The maximum Gasteiger partial charge on any atom is 0.330 e. The molecule has 13 heteroatoms. The Morgan fingerprint density at radius 2 is 1.74 bits per heavy atom. The van der Waals surface area contributed by atoms with E-state index in [1.54, 1.807) is 18.2 Å². The number of hydrogen-bond donors (Lipinski definition) is 3.